The fourth-order valence-electron chi connectivity index (χ4n) is 2.12. The fraction of sp³-hybridized carbons (Fsp3) is 0.818. The smallest absolute Gasteiger partial charge is 0.221 e. The third-order valence-corrected chi connectivity index (χ3v) is 4.19. The lowest BCUT2D eigenvalue weighted by Gasteiger charge is -2.26. The molecule has 2 amide bonds. The molecule has 2 heterocycles. The molecule has 0 aliphatic carbocycles. The van der Waals surface area contributed by atoms with Gasteiger partial charge in [0.1, 0.15) is 0 Å². The Kier molecular flexibility index (Phi) is 4.67. The molecule has 0 aromatic heterocycles. The first-order valence-corrected chi connectivity index (χ1v) is 7.26. The van der Waals surface area contributed by atoms with Crippen molar-refractivity contribution in [1.82, 2.24) is 16.0 Å². The van der Waals surface area contributed by atoms with Crippen molar-refractivity contribution in [2.24, 2.45) is 0 Å². The summed E-state index contributed by atoms with van der Waals surface area (Å²) in [6, 6.07) is 0.406. The van der Waals surface area contributed by atoms with E-state index < -0.39 is 0 Å². The molecule has 0 aromatic rings. The van der Waals surface area contributed by atoms with Crippen LogP contribution in [0.4, 0.5) is 0 Å². The van der Waals surface area contributed by atoms with E-state index in [2.05, 4.69) is 16.0 Å². The van der Waals surface area contributed by atoms with E-state index in [1.54, 1.807) is 0 Å². The summed E-state index contributed by atoms with van der Waals surface area (Å²) in [6.07, 6.45) is 1.81. The summed E-state index contributed by atoms with van der Waals surface area (Å²) >= 11 is 1.89. The molecule has 96 valence electrons. The number of amides is 2. The summed E-state index contributed by atoms with van der Waals surface area (Å²) in [4.78, 5) is 22.8. The van der Waals surface area contributed by atoms with Gasteiger partial charge in [-0.05, 0) is 6.42 Å². The Balaban J connectivity index is 1.67. The maximum absolute atomic E-state index is 11.8. The van der Waals surface area contributed by atoms with Crippen LogP contribution < -0.4 is 16.0 Å². The highest BCUT2D eigenvalue weighted by molar-refractivity contribution is 7.99. The molecule has 2 aliphatic heterocycles. The van der Waals surface area contributed by atoms with E-state index in [1.807, 2.05) is 11.8 Å². The van der Waals surface area contributed by atoms with Gasteiger partial charge in [-0.2, -0.15) is 11.8 Å². The maximum atomic E-state index is 11.8. The van der Waals surface area contributed by atoms with Crippen LogP contribution in [0.5, 0.6) is 0 Å². The Morgan fingerprint density at radius 3 is 3.06 bits per heavy atom. The van der Waals surface area contributed by atoms with Crippen molar-refractivity contribution in [2.75, 3.05) is 24.6 Å². The molecule has 6 heteroatoms. The molecule has 5 nitrogen and oxygen atoms in total. The molecular formula is C11H19N3O2S. The highest BCUT2D eigenvalue weighted by Gasteiger charge is 2.22. The lowest BCUT2D eigenvalue weighted by molar-refractivity contribution is -0.125. The zero-order chi connectivity index (χ0) is 12.1. The van der Waals surface area contributed by atoms with Gasteiger partial charge in [-0.25, -0.2) is 0 Å². The number of hydrogen-bond acceptors (Lipinski definition) is 4. The van der Waals surface area contributed by atoms with E-state index >= 15 is 0 Å². The number of rotatable bonds is 3. The van der Waals surface area contributed by atoms with Crippen molar-refractivity contribution in [3.63, 3.8) is 0 Å². The molecule has 2 aliphatic rings. The minimum absolute atomic E-state index is 0.0841. The third-order valence-electron chi connectivity index (χ3n) is 3.06. The molecule has 2 saturated heterocycles. The van der Waals surface area contributed by atoms with Gasteiger partial charge in [0.2, 0.25) is 11.8 Å². The largest absolute Gasteiger partial charge is 0.354 e. The van der Waals surface area contributed by atoms with E-state index in [0.29, 0.717) is 25.4 Å². The van der Waals surface area contributed by atoms with Crippen molar-refractivity contribution in [1.29, 1.82) is 0 Å². The van der Waals surface area contributed by atoms with E-state index in [0.717, 1.165) is 24.5 Å². The van der Waals surface area contributed by atoms with Gasteiger partial charge in [0.05, 0.1) is 0 Å². The second-order valence-corrected chi connectivity index (χ2v) is 5.69. The van der Waals surface area contributed by atoms with Crippen LogP contribution in [0, 0.1) is 0 Å². The van der Waals surface area contributed by atoms with Crippen LogP contribution in [0.1, 0.15) is 19.3 Å². The monoisotopic (exact) mass is 257 g/mol. The first kappa shape index (κ1) is 12.7. The Morgan fingerprint density at radius 1 is 1.53 bits per heavy atom. The second kappa shape index (κ2) is 6.26. The summed E-state index contributed by atoms with van der Waals surface area (Å²) in [5, 5.41) is 9.09. The van der Waals surface area contributed by atoms with Gasteiger partial charge in [0.25, 0.3) is 0 Å². The van der Waals surface area contributed by atoms with Crippen LogP contribution in [0.15, 0.2) is 0 Å². The van der Waals surface area contributed by atoms with Crippen molar-refractivity contribution >= 4 is 23.6 Å². The third kappa shape index (κ3) is 4.20. The van der Waals surface area contributed by atoms with Gasteiger partial charge in [-0.3, -0.25) is 9.59 Å². The minimum atomic E-state index is 0.0841. The van der Waals surface area contributed by atoms with Crippen molar-refractivity contribution in [2.45, 2.75) is 31.3 Å². The standard InChI is InChI=1S/C11H19N3O2S/c15-10-2-1-8(6-13-10)14-11(16)5-9-7-17-4-3-12-9/h8-9,12H,1-7H2,(H,13,15)(H,14,16). The van der Waals surface area contributed by atoms with Gasteiger partial charge in [0.15, 0.2) is 0 Å². The van der Waals surface area contributed by atoms with Gasteiger partial charge in [-0.15, -0.1) is 0 Å². The van der Waals surface area contributed by atoms with Crippen molar-refractivity contribution < 1.29 is 9.59 Å². The molecule has 0 spiro atoms. The Morgan fingerprint density at radius 2 is 2.41 bits per heavy atom. The van der Waals surface area contributed by atoms with Gasteiger partial charge < -0.3 is 16.0 Å². The predicted octanol–water partition coefficient (Wildman–Crippen LogP) is -0.524. The summed E-state index contributed by atoms with van der Waals surface area (Å²) < 4.78 is 0. The highest BCUT2D eigenvalue weighted by Crippen LogP contribution is 2.10. The molecule has 3 N–H and O–H groups in total. The normalized spacial score (nSPS) is 29.5. The molecular weight excluding hydrogens is 238 g/mol. The molecule has 2 atom stereocenters. The maximum Gasteiger partial charge on any atom is 0.221 e. The lowest BCUT2D eigenvalue weighted by atomic mass is 10.1. The summed E-state index contributed by atoms with van der Waals surface area (Å²) in [5.74, 6) is 2.31. The number of piperidine rings is 1. The zero-order valence-corrected chi connectivity index (χ0v) is 10.6. The number of hydrogen-bond donors (Lipinski definition) is 3. The van der Waals surface area contributed by atoms with Crippen LogP contribution in [0.2, 0.25) is 0 Å². The average molecular weight is 257 g/mol. The van der Waals surface area contributed by atoms with Crippen LogP contribution in [-0.2, 0) is 9.59 Å². The first-order chi connectivity index (χ1) is 8.24. The Labute approximate surface area is 105 Å². The average Bonchev–Trinajstić information content (AvgIpc) is 2.33. The molecule has 2 unspecified atom stereocenters. The van der Waals surface area contributed by atoms with Gasteiger partial charge in [0, 0.05) is 49.5 Å². The van der Waals surface area contributed by atoms with E-state index in [-0.39, 0.29) is 17.9 Å². The van der Waals surface area contributed by atoms with Gasteiger partial charge in [-0.1, -0.05) is 0 Å². The Hall–Kier alpha value is -0.750. The van der Waals surface area contributed by atoms with Crippen LogP contribution in [0.25, 0.3) is 0 Å². The molecule has 2 rings (SSSR count). The zero-order valence-electron chi connectivity index (χ0n) is 9.83. The van der Waals surface area contributed by atoms with Gasteiger partial charge >= 0.3 is 0 Å². The van der Waals surface area contributed by atoms with E-state index in [4.69, 9.17) is 0 Å². The number of nitrogens with one attached hydrogen (secondary N) is 3. The lowest BCUT2D eigenvalue weighted by Crippen LogP contribution is -2.49. The number of carbonyl (C=O) groups excluding carboxylic acids is 2. The predicted molar refractivity (Wildman–Crippen MR) is 67.9 cm³/mol. The highest BCUT2D eigenvalue weighted by atomic mass is 32.2. The number of thioether (sulfide) groups is 1. The molecule has 17 heavy (non-hydrogen) atoms. The molecule has 0 aromatic carbocycles. The Bertz CT molecular complexity index is 282. The molecule has 0 radical (unpaired) electrons. The van der Waals surface area contributed by atoms with E-state index in [9.17, 15) is 9.59 Å². The van der Waals surface area contributed by atoms with Crippen LogP contribution in [-0.4, -0.2) is 48.5 Å². The summed E-state index contributed by atoms with van der Waals surface area (Å²) in [7, 11) is 0. The van der Waals surface area contributed by atoms with Crippen molar-refractivity contribution in [3.8, 4) is 0 Å². The summed E-state index contributed by atoms with van der Waals surface area (Å²) in [5.41, 5.74) is 0. The minimum Gasteiger partial charge on any atom is -0.354 e. The molecule has 2 fully saturated rings. The SMILES string of the molecule is O=C1CCC(NC(=O)CC2CSCCN2)CN1. The topological polar surface area (TPSA) is 70.2 Å². The number of carbonyl (C=O) groups is 2. The fourth-order valence-corrected chi connectivity index (χ4v) is 3.07. The summed E-state index contributed by atoms with van der Waals surface area (Å²) in [6.45, 7) is 1.56. The van der Waals surface area contributed by atoms with Crippen LogP contribution >= 0.6 is 11.8 Å². The second-order valence-electron chi connectivity index (χ2n) is 4.54. The molecule has 0 saturated carbocycles. The van der Waals surface area contributed by atoms with E-state index in [1.165, 1.54) is 0 Å². The first-order valence-electron chi connectivity index (χ1n) is 6.11. The molecule has 0 bridgehead atoms. The van der Waals surface area contributed by atoms with Crippen molar-refractivity contribution in [3.05, 3.63) is 0 Å². The van der Waals surface area contributed by atoms with Crippen LogP contribution in [0.3, 0.4) is 0 Å². The quantitative estimate of drug-likeness (QED) is 0.636.